The summed E-state index contributed by atoms with van der Waals surface area (Å²) in [7, 11) is 3.18. The van der Waals surface area contributed by atoms with Gasteiger partial charge in [0.05, 0.1) is 14.2 Å². The number of fused-ring (bicyclic) bond motifs is 2. The summed E-state index contributed by atoms with van der Waals surface area (Å²) in [6, 6.07) is 5.47. The number of benzene rings is 1. The van der Waals surface area contributed by atoms with E-state index in [-0.39, 0.29) is 5.91 Å². The number of methoxy groups -OCH3 is 2. The van der Waals surface area contributed by atoms with Crippen LogP contribution in [0.15, 0.2) is 30.4 Å². The van der Waals surface area contributed by atoms with Crippen LogP contribution in [0.1, 0.15) is 39.2 Å². The van der Waals surface area contributed by atoms with Gasteiger partial charge < -0.3 is 14.8 Å². The third-order valence-electron chi connectivity index (χ3n) is 4.63. The average molecular weight is 387 g/mol. The number of carbonyl (C=O) groups is 1. The Morgan fingerprint density at radius 3 is 2.67 bits per heavy atom. The van der Waals surface area contributed by atoms with E-state index in [1.165, 1.54) is 0 Å². The molecule has 0 saturated heterocycles. The molecule has 1 amide bonds. The van der Waals surface area contributed by atoms with Gasteiger partial charge in [-0.15, -0.1) is 0 Å². The largest absolute Gasteiger partial charge is 0.496 e. The fourth-order valence-corrected chi connectivity index (χ4v) is 3.55. The Morgan fingerprint density at radius 1 is 1.11 bits per heavy atom. The zero-order chi connectivity index (χ0) is 19.4. The van der Waals surface area contributed by atoms with E-state index in [1.807, 2.05) is 6.92 Å². The summed E-state index contributed by atoms with van der Waals surface area (Å²) in [4.78, 5) is 17.4. The van der Waals surface area contributed by atoms with Gasteiger partial charge in [-0.05, 0) is 49.9 Å². The Morgan fingerprint density at radius 2 is 1.93 bits per heavy atom. The minimum atomic E-state index is -0.201. The molecule has 1 N–H and O–H groups in total. The number of rotatable bonds is 2. The highest BCUT2D eigenvalue weighted by Crippen LogP contribution is 2.29. The van der Waals surface area contributed by atoms with Crippen LogP contribution in [-0.4, -0.2) is 25.1 Å². The molecule has 0 radical (unpaired) electrons. The molecule has 0 atom stereocenters. The Kier molecular flexibility index (Phi) is 6.01. The van der Waals surface area contributed by atoms with Crippen LogP contribution in [0.3, 0.4) is 0 Å². The van der Waals surface area contributed by atoms with Crippen LogP contribution >= 0.6 is 11.6 Å². The highest BCUT2D eigenvalue weighted by molar-refractivity contribution is 6.31. The number of amides is 1. The van der Waals surface area contributed by atoms with Gasteiger partial charge in [-0.2, -0.15) is 0 Å². The van der Waals surface area contributed by atoms with Crippen LogP contribution in [0.2, 0.25) is 5.02 Å². The number of allylic oxidation sites excluding steroid dienone is 2. The third-order valence-corrected chi connectivity index (χ3v) is 4.85. The van der Waals surface area contributed by atoms with Crippen molar-refractivity contribution in [3.63, 3.8) is 0 Å². The van der Waals surface area contributed by atoms with E-state index in [0.29, 0.717) is 35.2 Å². The minimum absolute atomic E-state index is 0.201. The van der Waals surface area contributed by atoms with E-state index in [0.717, 1.165) is 35.2 Å². The van der Waals surface area contributed by atoms with Crippen LogP contribution in [0.25, 0.3) is 0 Å². The number of carbonyl (C=O) groups excluding carboxylic acids is 1. The molecule has 2 heterocycles. The van der Waals surface area contributed by atoms with Crippen molar-refractivity contribution in [3.8, 4) is 11.6 Å². The van der Waals surface area contributed by atoms with Gasteiger partial charge in [0, 0.05) is 34.0 Å². The first-order valence-electron chi connectivity index (χ1n) is 8.86. The molecule has 0 fully saturated rings. The van der Waals surface area contributed by atoms with Gasteiger partial charge in [0.2, 0.25) is 5.88 Å². The van der Waals surface area contributed by atoms with Crippen molar-refractivity contribution in [2.45, 2.75) is 32.7 Å². The number of aryl methyl sites for hydroxylation is 2. The first-order chi connectivity index (χ1) is 13.0. The number of pyridine rings is 1. The van der Waals surface area contributed by atoms with Crippen molar-refractivity contribution in [1.29, 1.82) is 0 Å². The number of nitrogens with zero attached hydrogens (tertiary/aromatic N) is 1. The van der Waals surface area contributed by atoms with Crippen molar-refractivity contribution in [2.24, 2.45) is 0 Å². The van der Waals surface area contributed by atoms with Crippen molar-refractivity contribution in [2.75, 3.05) is 14.2 Å². The summed E-state index contributed by atoms with van der Waals surface area (Å²) >= 11 is 6.19. The first-order valence-corrected chi connectivity index (χ1v) is 9.24. The normalized spacial score (nSPS) is 15.5. The molecule has 142 valence electrons. The molecule has 3 rings (SSSR count). The van der Waals surface area contributed by atoms with Crippen LogP contribution in [0.5, 0.6) is 11.6 Å². The smallest absolute Gasteiger partial charge is 0.252 e. The summed E-state index contributed by atoms with van der Waals surface area (Å²) in [6.07, 6.45) is 6.54. The SMILES string of the molecule is COc1cc(Cl)cc2c1C/C=C\CCc1cc(C)nc(OC)c1CNC2=O. The Labute approximate surface area is 164 Å². The van der Waals surface area contributed by atoms with Crippen LogP contribution < -0.4 is 14.8 Å². The van der Waals surface area contributed by atoms with E-state index in [1.54, 1.807) is 26.4 Å². The van der Waals surface area contributed by atoms with Crippen molar-refractivity contribution in [3.05, 3.63) is 63.3 Å². The standard InChI is InChI=1S/C21H23ClN2O3/c1-13-9-14-7-5-4-6-8-16-17(10-15(22)11-19(16)26-2)20(25)23-12-18(14)21(24-13)27-3/h4,6,9-11H,5,7-8,12H2,1-3H3,(H,23,25)/b6-4-. The molecule has 1 aromatic carbocycles. The maximum absolute atomic E-state index is 12.9. The molecule has 0 spiro atoms. The number of ether oxygens (including phenoxy) is 2. The lowest BCUT2D eigenvalue weighted by Gasteiger charge is -2.17. The maximum atomic E-state index is 12.9. The highest BCUT2D eigenvalue weighted by Gasteiger charge is 2.19. The molecule has 0 unspecified atom stereocenters. The molecule has 1 aliphatic rings. The average Bonchev–Trinajstić information content (AvgIpc) is 2.65. The van der Waals surface area contributed by atoms with Gasteiger partial charge >= 0.3 is 0 Å². The van der Waals surface area contributed by atoms with Crippen LogP contribution in [0, 0.1) is 6.92 Å². The van der Waals surface area contributed by atoms with Gasteiger partial charge in [0.25, 0.3) is 5.91 Å². The van der Waals surface area contributed by atoms with Crippen molar-refractivity contribution < 1.29 is 14.3 Å². The number of halogens is 1. The summed E-state index contributed by atoms with van der Waals surface area (Å²) in [5.41, 5.74) is 4.28. The summed E-state index contributed by atoms with van der Waals surface area (Å²) in [5.74, 6) is 0.966. The molecule has 2 aromatic rings. The van der Waals surface area contributed by atoms with Gasteiger partial charge in [-0.3, -0.25) is 4.79 Å². The molecule has 1 aromatic heterocycles. The number of aromatic nitrogens is 1. The zero-order valence-corrected chi connectivity index (χ0v) is 16.5. The lowest BCUT2D eigenvalue weighted by atomic mass is 9.99. The quantitative estimate of drug-likeness (QED) is 0.791. The lowest BCUT2D eigenvalue weighted by molar-refractivity contribution is 0.0949. The fourth-order valence-electron chi connectivity index (χ4n) is 3.35. The predicted molar refractivity (Wildman–Crippen MR) is 106 cm³/mol. The van der Waals surface area contributed by atoms with Gasteiger partial charge in [-0.1, -0.05) is 23.8 Å². The van der Waals surface area contributed by atoms with Gasteiger partial charge in [0.1, 0.15) is 5.75 Å². The topological polar surface area (TPSA) is 60.5 Å². The Balaban J connectivity index is 2.04. The molecule has 6 heteroatoms. The van der Waals surface area contributed by atoms with Gasteiger partial charge in [0.15, 0.2) is 0 Å². The second-order valence-electron chi connectivity index (χ2n) is 6.44. The van der Waals surface area contributed by atoms with Crippen molar-refractivity contribution >= 4 is 17.5 Å². The Hall–Kier alpha value is -2.53. The highest BCUT2D eigenvalue weighted by atomic mass is 35.5. The molecule has 0 saturated carbocycles. The molecule has 27 heavy (non-hydrogen) atoms. The van der Waals surface area contributed by atoms with E-state index in [2.05, 4.69) is 28.5 Å². The summed E-state index contributed by atoms with van der Waals surface area (Å²) < 4.78 is 10.9. The Bertz CT molecular complexity index is 893. The lowest BCUT2D eigenvalue weighted by Crippen LogP contribution is -2.25. The monoisotopic (exact) mass is 386 g/mol. The third kappa shape index (κ3) is 4.25. The molecule has 1 aliphatic heterocycles. The van der Waals surface area contributed by atoms with E-state index >= 15 is 0 Å². The molecule has 5 nitrogen and oxygen atoms in total. The van der Waals surface area contributed by atoms with Crippen LogP contribution in [0.4, 0.5) is 0 Å². The number of nitrogens with one attached hydrogen (secondary N) is 1. The maximum Gasteiger partial charge on any atom is 0.252 e. The van der Waals surface area contributed by atoms with E-state index < -0.39 is 0 Å². The first kappa shape index (κ1) is 19.2. The van der Waals surface area contributed by atoms with Gasteiger partial charge in [-0.25, -0.2) is 4.98 Å². The molecule has 0 bridgehead atoms. The summed E-state index contributed by atoms with van der Waals surface area (Å²) in [5, 5.41) is 3.45. The van der Waals surface area contributed by atoms with E-state index in [4.69, 9.17) is 21.1 Å². The second kappa shape index (κ2) is 8.44. The number of hydrogen-bond donors (Lipinski definition) is 1. The zero-order valence-electron chi connectivity index (χ0n) is 15.8. The van der Waals surface area contributed by atoms with E-state index in [9.17, 15) is 4.79 Å². The number of hydrogen-bond acceptors (Lipinski definition) is 4. The summed E-state index contributed by atoms with van der Waals surface area (Å²) in [6.45, 7) is 2.28. The molecular formula is C21H23ClN2O3. The van der Waals surface area contributed by atoms with Crippen LogP contribution in [-0.2, 0) is 19.4 Å². The van der Waals surface area contributed by atoms with Crippen molar-refractivity contribution in [1.82, 2.24) is 10.3 Å². The fraction of sp³-hybridized carbons (Fsp3) is 0.333. The minimum Gasteiger partial charge on any atom is -0.496 e. The molecule has 0 aliphatic carbocycles. The molecular weight excluding hydrogens is 364 g/mol. The second-order valence-corrected chi connectivity index (χ2v) is 6.88. The predicted octanol–water partition coefficient (Wildman–Crippen LogP) is 4.04.